The number of hydrogen-bond acceptors (Lipinski definition) is 6. The molecule has 12 heteroatoms. The van der Waals surface area contributed by atoms with Crippen LogP contribution in [-0.2, 0) is 29.2 Å². The number of amides is 1. The molecule has 2 heterocycles. The highest BCUT2D eigenvalue weighted by molar-refractivity contribution is 7.91. The fraction of sp³-hybridized carbons (Fsp3) is 0.273. The van der Waals surface area contributed by atoms with Gasteiger partial charge in [0, 0.05) is 30.6 Å². The van der Waals surface area contributed by atoms with Crippen LogP contribution in [0.4, 0.5) is 13.2 Å². The van der Waals surface area contributed by atoms with E-state index in [1.807, 2.05) is 6.07 Å². The molecule has 0 radical (unpaired) electrons. The van der Waals surface area contributed by atoms with E-state index in [1.54, 1.807) is 24.0 Å². The van der Waals surface area contributed by atoms with Crippen molar-refractivity contribution >= 4 is 27.3 Å². The van der Waals surface area contributed by atoms with Crippen molar-refractivity contribution in [2.75, 3.05) is 13.1 Å². The predicted molar refractivity (Wildman–Crippen MR) is 119 cm³/mol. The maximum Gasteiger partial charge on any atom is 0.416 e. The molecule has 0 saturated heterocycles. The highest BCUT2D eigenvalue weighted by atomic mass is 32.2. The van der Waals surface area contributed by atoms with E-state index in [9.17, 15) is 26.4 Å². The van der Waals surface area contributed by atoms with E-state index >= 15 is 0 Å². The van der Waals surface area contributed by atoms with Crippen molar-refractivity contribution < 1.29 is 31.1 Å². The zero-order chi connectivity index (χ0) is 24.5. The van der Waals surface area contributed by atoms with E-state index in [0.717, 1.165) is 34.6 Å². The number of nitrogens with one attached hydrogen (secondary N) is 1. The van der Waals surface area contributed by atoms with E-state index in [2.05, 4.69) is 9.71 Å². The Balaban J connectivity index is 1.49. The van der Waals surface area contributed by atoms with Crippen molar-refractivity contribution in [2.45, 2.75) is 30.4 Å². The average molecular weight is 512 g/mol. The molecule has 1 aliphatic heterocycles. The molecule has 0 aliphatic carbocycles. The van der Waals surface area contributed by atoms with Crippen LogP contribution in [0.5, 0.6) is 11.5 Å². The van der Waals surface area contributed by atoms with Gasteiger partial charge in [0.25, 0.3) is 15.9 Å². The smallest absolute Gasteiger partial charge is 0.416 e. The number of sulfonamides is 1. The van der Waals surface area contributed by atoms with Gasteiger partial charge in [-0.25, -0.2) is 18.1 Å². The summed E-state index contributed by atoms with van der Waals surface area (Å²) in [5.41, 5.74) is 0.995. The predicted octanol–water partition coefficient (Wildman–Crippen LogP) is 4.45. The number of benzene rings is 2. The average Bonchev–Trinajstić information content (AvgIpc) is 3.30. The first-order chi connectivity index (χ1) is 16.1. The summed E-state index contributed by atoms with van der Waals surface area (Å²) < 4.78 is 70.6. The molecule has 0 unspecified atom stereocenters. The minimum absolute atomic E-state index is 0.0575. The van der Waals surface area contributed by atoms with Crippen LogP contribution in [0.3, 0.4) is 0 Å². The molecule has 7 nitrogen and oxygen atoms in total. The van der Waals surface area contributed by atoms with Crippen molar-refractivity contribution in [1.82, 2.24) is 14.6 Å². The van der Waals surface area contributed by atoms with E-state index < -0.39 is 21.8 Å². The minimum atomic E-state index is -4.42. The molecule has 0 fully saturated rings. The second-order valence-electron chi connectivity index (χ2n) is 7.49. The standard InChI is InChI=1S/C22H20F3N3O4S2/c1-2-26-34(30,31)21-27-18(13-33-21)20(29)28-11-10-17-14(12-28)4-3-5-19(17)32-16-8-6-15(7-9-16)22(23,24)25/h3-9,13,26H,2,10-12H2,1H3. The molecule has 1 aliphatic rings. The van der Waals surface area contributed by atoms with Crippen LogP contribution in [0, 0.1) is 0 Å². The lowest BCUT2D eigenvalue weighted by molar-refractivity contribution is -0.137. The molecule has 0 saturated carbocycles. The summed E-state index contributed by atoms with van der Waals surface area (Å²) in [6.07, 6.45) is -3.96. The van der Waals surface area contributed by atoms with Crippen LogP contribution in [0.2, 0.25) is 0 Å². The van der Waals surface area contributed by atoms with Gasteiger partial charge in [0.15, 0.2) is 0 Å². The normalized spacial score (nSPS) is 14.1. The van der Waals surface area contributed by atoms with Gasteiger partial charge in [0.2, 0.25) is 4.34 Å². The van der Waals surface area contributed by atoms with Crippen molar-refractivity contribution in [1.29, 1.82) is 0 Å². The van der Waals surface area contributed by atoms with Crippen LogP contribution in [0.25, 0.3) is 0 Å². The molecule has 1 amide bonds. The quantitative estimate of drug-likeness (QED) is 0.528. The number of rotatable bonds is 6. The fourth-order valence-electron chi connectivity index (χ4n) is 3.58. The Hall–Kier alpha value is -2.96. The zero-order valence-corrected chi connectivity index (χ0v) is 19.6. The number of hydrogen-bond donors (Lipinski definition) is 1. The van der Waals surface area contributed by atoms with Crippen LogP contribution >= 0.6 is 11.3 Å². The van der Waals surface area contributed by atoms with Crippen molar-refractivity contribution in [3.8, 4) is 11.5 Å². The van der Waals surface area contributed by atoms with Crippen molar-refractivity contribution in [3.63, 3.8) is 0 Å². The molecule has 2 aromatic carbocycles. The molecule has 180 valence electrons. The number of alkyl halides is 3. The number of ether oxygens (including phenoxy) is 1. The summed E-state index contributed by atoms with van der Waals surface area (Å²) in [6.45, 7) is 2.49. The molecule has 0 atom stereocenters. The third kappa shape index (κ3) is 5.08. The molecule has 1 N–H and O–H groups in total. The maximum absolute atomic E-state index is 12.9. The highest BCUT2D eigenvalue weighted by Crippen LogP contribution is 2.34. The van der Waals surface area contributed by atoms with E-state index in [1.165, 1.54) is 17.5 Å². The second kappa shape index (κ2) is 9.35. The summed E-state index contributed by atoms with van der Waals surface area (Å²) >= 11 is 0.881. The molecule has 34 heavy (non-hydrogen) atoms. The van der Waals surface area contributed by atoms with Gasteiger partial charge < -0.3 is 9.64 Å². The number of carbonyl (C=O) groups is 1. The van der Waals surface area contributed by atoms with Gasteiger partial charge in [-0.05, 0) is 42.3 Å². The second-order valence-corrected chi connectivity index (χ2v) is 10.3. The van der Waals surface area contributed by atoms with Gasteiger partial charge in [-0.3, -0.25) is 4.79 Å². The maximum atomic E-state index is 12.9. The molecule has 0 spiro atoms. The lowest BCUT2D eigenvalue weighted by atomic mass is 9.98. The lowest BCUT2D eigenvalue weighted by Crippen LogP contribution is -2.36. The van der Waals surface area contributed by atoms with Gasteiger partial charge in [0.1, 0.15) is 17.2 Å². The molecular formula is C22H20F3N3O4S2. The number of fused-ring (bicyclic) bond motifs is 1. The largest absolute Gasteiger partial charge is 0.457 e. The Bertz CT molecular complexity index is 1310. The third-order valence-corrected chi connectivity index (χ3v) is 7.99. The van der Waals surface area contributed by atoms with Crippen molar-refractivity contribution in [2.24, 2.45) is 0 Å². The molecule has 3 aromatic rings. The van der Waals surface area contributed by atoms with Gasteiger partial charge in [-0.1, -0.05) is 19.1 Å². The van der Waals surface area contributed by atoms with Crippen molar-refractivity contribution in [3.05, 3.63) is 70.2 Å². The van der Waals surface area contributed by atoms with E-state index in [4.69, 9.17) is 4.74 Å². The van der Waals surface area contributed by atoms with Gasteiger partial charge in [-0.15, -0.1) is 11.3 Å². The Labute approximate surface area is 198 Å². The first-order valence-corrected chi connectivity index (χ1v) is 12.6. The summed E-state index contributed by atoms with van der Waals surface area (Å²) in [5.74, 6) is 0.405. The summed E-state index contributed by atoms with van der Waals surface area (Å²) in [7, 11) is -3.74. The minimum Gasteiger partial charge on any atom is -0.457 e. The summed E-state index contributed by atoms with van der Waals surface area (Å²) in [5, 5.41) is 1.42. The monoisotopic (exact) mass is 511 g/mol. The summed E-state index contributed by atoms with van der Waals surface area (Å²) in [6, 6.07) is 9.77. The third-order valence-electron chi connectivity index (χ3n) is 5.19. The van der Waals surface area contributed by atoms with Crippen LogP contribution < -0.4 is 9.46 Å². The molecule has 4 rings (SSSR count). The fourth-order valence-corrected chi connectivity index (χ4v) is 5.64. The lowest BCUT2D eigenvalue weighted by Gasteiger charge is -2.29. The number of halogens is 3. The summed E-state index contributed by atoms with van der Waals surface area (Å²) in [4.78, 5) is 18.5. The zero-order valence-electron chi connectivity index (χ0n) is 17.9. The first-order valence-electron chi connectivity index (χ1n) is 10.3. The van der Waals surface area contributed by atoms with Gasteiger partial charge >= 0.3 is 6.18 Å². The number of aromatic nitrogens is 1. The molecule has 1 aromatic heterocycles. The van der Waals surface area contributed by atoms with Gasteiger partial charge in [0.05, 0.1) is 5.56 Å². The molecular weight excluding hydrogens is 491 g/mol. The highest BCUT2D eigenvalue weighted by Gasteiger charge is 2.30. The Morgan fingerprint density at radius 1 is 1.21 bits per heavy atom. The first kappa shape index (κ1) is 24.2. The molecule has 0 bridgehead atoms. The number of nitrogens with zero attached hydrogens (tertiary/aromatic N) is 2. The van der Waals surface area contributed by atoms with Crippen LogP contribution in [0.15, 0.2) is 52.2 Å². The Morgan fingerprint density at radius 3 is 2.62 bits per heavy atom. The number of carbonyl (C=O) groups excluding carboxylic acids is 1. The van der Waals surface area contributed by atoms with Crippen LogP contribution in [0.1, 0.15) is 34.1 Å². The Morgan fingerprint density at radius 2 is 1.94 bits per heavy atom. The topological polar surface area (TPSA) is 88.6 Å². The SMILES string of the molecule is CCNS(=O)(=O)c1nc(C(=O)N2CCc3c(cccc3Oc3ccc(C(F)(F)F)cc3)C2)cs1. The van der Waals surface area contributed by atoms with E-state index in [0.29, 0.717) is 18.7 Å². The van der Waals surface area contributed by atoms with E-state index in [-0.39, 0.29) is 34.8 Å². The van der Waals surface area contributed by atoms with Crippen LogP contribution in [-0.4, -0.2) is 37.3 Å². The number of thiazole rings is 1. The van der Waals surface area contributed by atoms with Gasteiger partial charge in [-0.2, -0.15) is 13.2 Å². The Kier molecular flexibility index (Phi) is 6.65.